The fraction of sp³-hybridized carbons (Fsp3) is 0.600. The molecule has 1 aliphatic heterocycles. The Morgan fingerprint density at radius 3 is 2.50 bits per heavy atom. The summed E-state index contributed by atoms with van der Waals surface area (Å²) >= 11 is 11.8. The molecular formula is C20H27Cl2N3O3. The van der Waals surface area contributed by atoms with E-state index in [1.54, 1.807) is 6.07 Å². The van der Waals surface area contributed by atoms with Crippen LogP contribution in [0.2, 0.25) is 10.0 Å². The number of carbonyl (C=O) groups excluding carboxylic acids is 2. The third-order valence-electron chi connectivity index (χ3n) is 5.64. The van der Waals surface area contributed by atoms with E-state index in [-0.39, 0.29) is 35.7 Å². The topological polar surface area (TPSA) is 81.7 Å². The Labute approximate surface area is 175 Å². The molecule has 2 atom stereocenters. The van der Waals surface area contributed by atoms with Crippen LogP contribution in [0.4, 0.5) is 0 Å². The Morgan fingerprint density at radius 1 is 1.11 bits per heavy atom. The number of carbonyl (C=O) groups is 2. The molecule has 3 N–H and O–H groups in total. The van der Waals surface area contributed by atoms with Crippen LogP contribution >= 0.6 is 23.2 Å². The summed E-state index contributed by atoms with van der Waals surface area (Å²) in [5.74, 6) is -0.618. The molecule has 1 aliphatic carbocycles. The molecule has 0 unspecified atom stereocenters. The minimum absolute atomic E-state index is 0.0977. The summed E-state index contributed by atoms with van der Waals surface area (Å²) in [5, 5.41) is 16.5. The number of likely N-dealkylation sites (tertiary alicyclic amines) is 1. The average molecular weight is 428 g/mol. The second kappa shape index (κ2) is 9.92. The first-order valence-electron chi connectivity index (χ1n) is 9.89. The lowest BCUT2D eigenvalue weighted by atomic mass is 9.89. The van der Waals surface area contributed by atoms with Crippen molar-refractivity contribution in [3.05, 3.63) is 33.8 Å². The first-order chi connectivity index (χ1) is 13.4. The molecule has 1 aromatic rings. The first-order valence-corrected chi connectivity index (χ1v) is 10.6. The molecule has 8 heteroatoms. The normalized spacial score (nSPS) is 24.0. The van der Waals surface area contributed by atoms with Gasteiger partial charge in [0.05, 0.1) is 23.2 Å². The highest BCUT2D eigenvalue weighted by Gasteiger charge is 2.31. The SMILES string of the molecule is O=C(CNC(=O)c1ccc(Cl)cc1Cl)NC1CCN([C@@H]2CCCC[C@H]2O)CC1. The number of hydrogen-bond acceptors (Lipinski definition) is 4. The van der Waals surface area contributed by atoms with Gasteiger partial charge in [-0.25, -0.2) is 0 Å². The Hall–Kier alpha value is -1.34. The van der Waals surface area contributed by atoms with Gasteiger partial charge < -0.3 is 15.7 Å². The van der Waals surface area contributed by atoms with Gasteiger partial charge in [-0.1, -0.05) is 36.0 Å². The summed E-state index contributed by atoms with van der Waals surface area (Å²) in [6.07, 6.45) is 5.70. The molecule has 28 heavy (non-hydrogen) atoms. The molecule has 0 radical (unpaired) electrons. The highest BCUT2D eigenvalue weighted by atomic mass is 35.5. The van der Waals surface area contributed by atoms with E-state index in [9.17, 15) is 14.7 Å². The quantitative estimate of drug-likeness (QED) is 0.674. The molecule has 1 saturated heterocycles. The molecule has 1 saturated carbocycles. The molecule has 2 amide bonds. The largest absolute Gasteiger partial charge is 0.391 e. The average Bonchev–Trinajstić information content (AvgIpc) is 2.67. The molecule has 1 aromatic carbocycles. The van der Waals surface area contributed by atoms with Gasteiger partial charge in [-0.15, -0.1) is 0 Å². The molecule has 0 aromatic heterocycles. The summed E-state index contributed by atoms with van der Waals surface area (Å²) in [5.41, 5.74) is 0.290. The number of hydrogen-bond donors (Lipinski definition) is 3. The summed E-state index contributed by atoms with van der Waals surface area (Å²) in [4.78, 5) is 26.7. The number of benzene rings is 1. The van der Waals surface area contributed by atoms with E-state index in [0.29, 0.717) is 10.6 Å². The first kappa shape index (κ1) is 21.4. The van der Waals surface area contributed by atoms with Crippen LogP contribution in [0.3, 0.4) is 0 Å². The Bertz CT molecular complexity index is 708. The van der Waals surface area contributed by atoms with Crippen LogP contribution in [0.15, 0.2) is 18.2 Å². The predicted octanol–water partition coefficient (Wildman–Crippen LogP) is 2.61. The number of rotatable bonds is 5. The van der Waals surface area contributed by atoms with Crippen LogP contribution in [0.5, 0.6) is 0 Å². The van der Waals surface area contributed by atoms with Crippen LogP contribution in [-0.4, -0.2) is 59.6 Å². The van der Waals surface area contributed by atoms with E-state index in [1.165, 1.54) is 18.6 Å². The molecule has 1 heterocycles. The van der Waals surface area contributed by atoms with Gasteiger partial charge in [0, 0.05) is 30.2 Å². The minimum atomic E-state index is -0.405. The Morgan fingerprint density at radius 2 is 1.82 bits per heavy atom. The number of amides is 2. The number of piperidine rings is 1. The number of aliphatic hydroxyl groups is 1. The second-order valence-corrected chi connectivity index (χ2v) is 8.45. The monoisotopic (exact) mass is 427 g/mol. The van der Waals surface area contributed by atoms with Crippen molar-refractivity contribution in [2.45, 2.75) is 56.7 Å². The predicted molar refractivity (Wildman–Crippen MR) is 110 cm³/mol. The Balaban J connectivity index is 1.40. The Kier molecular flexibility index (Phi) is 7.57. The maximum atomic E-state index is 12.2. The van der Waals surface area contributed by atoms with Gasteiger partial charge in [0.25, 0.3) is 5.91 Å². The molecule has 2 aliphatic rings. The van der Waals surface area contributed by atoms with Gasteiger partial charge in [-0.2, -0.15) is 0 Å². The number of aliphatic hydroxyl groups excluding tert-OH is 1. The molecule has 0 spiro atoms. The van der Waals surface area contributed by atoms with Crippen molar-refractivity contribution in [2.75, 3.05) is 19.6 Å². The molecule has 0 bridgehead atoms. The fourth-order valence-corrected chi connectivity index (χ4v) is 4.60. The maximum Gasteiger partial charge on any atom is 0.253 e. The van der Waals surface area contributed by atoms with Gasteiger partial charge >= 0.3 is 0 Å². The van der Waals surface area contributed by atoms with Gasteiger partial charge in [-0.3, -0.25) is 14.5 Å². The van der Waals surface area contributed by atoms with Crippen LogP contribution in [-0.2, 0) is 4.79 Å². The van der Waals surface area contributed by atoms with E-state index < -0.39 is 5.91 Å². The molecule has 3 rings (SSSR count). The highest BCUT2D eigenvalue weighted by Crippen LogP contribution is 2.26. The standard InChI is InChI=1S/C20H27Cl2N3O3/c21-13-5-6-15(16(22)11-13)20(28)23-12-19(27)24-14-7-9-25(10-8-14)17-3-1-2-4-18(17)26/h5-6,11,14,17-18,26H,1-4,7-10,12H2,(H,23,28)(H,24,27)/t17-,18-/m1/s1. The van der Waals surface area contributed by atoms with E-state index in [2.05, 4.69) is 15.5 Å². The lowest BCUT2D eigenvalue weighted by Gasteiger charge is -2.41. The maximum absolute atomic E-state index is 12.2. The zero-order chi connectivity index (χ0) is 20.1. The number of halogens is 2. The van der Waals surface area contributed by atoms with Crippen LogP contribution < -0.4 is 10.6 Å². The van der Waals surface area contributed by atoms with Crippen LogP contribution in [0, 0.1) is 0 Å². The van der Waals surface area contributed by atoms with Crippen molar-refractivity contribution in [3.8, 4) is 0 Å². The zero-order valence-corrected chi connectivity index (χ0v) is 17.3. The van der Waals surface area contributed by atoms with Gasteiger partial charge in [0.2, 0.25) is 5.91 Å². The molecule has 2 fully saturated rings. The smallest absolute Gasteiger partial charge is 0.253 e. The second-order valence-electron chi connectivity index (χ2n) is 7.60. The van der Waals surface area contributed by atoms with Crippen LogP contribution in [0.1, 0.15) is 48.9 Å². The molecule has 6 nitrogen and oxygen atoms in total. The summed E-state index contributed by atoms with van der Waals surface area (Å²) in [7, 11) is 0. The lowest BCUT2D eigenvalue weighted by Crippen LogP contribution is -2.53. The summed E-state index contributed by atoms with van der Waals surface area (Å²) in [6, 6.07) is 4.97. The van der Waals surface area contributed by atoms with Crippen molar-refractivity contribution < 1.29 is 14.7 Å². The van der Waals surface area contributed by atoms with E-state index in [1.807, 2.05) is 0 Å². The van der Waals surface area contributed by atoms with Crippen molar-refractivity contribution in [1.82, 2.24) is 15.5 Å². The van der Waals surface area contributed by atoms with Gasteiger partial charge in [0.15, 0.2) is 0 Å². The van der Waals surface area contributed by atoms with Crippen molar-refractivity contribution >= 4 is 35.0 Å². The zero-order valence-electron chi connectivity index (χ0n) is 15.8. The highest BCUT2D eigenvalue weighted by molar-refractivity contribution is 6.36. The van der Waals surface area contributed by atoms with E-state index in [0.717, 1.165) is 45.2 Å². The van der Waals surface area contributed by atoms with Gasteiger partial charge in [0.1, 0.15) is 0 Å². The molecule has 154 valence electrons. The minimum Gasteiger partial charge on any atom is -0.391 e. The van der Waals surface area contributed by atoms with E-state index >= 15 is 0 Å². The van der Waals surface area contributed by atoms with Crippen molar-refractivity contribution in [3.63, 3.8) is 0 Å². The molecular weight excluding hydrogens is 401 g/mol. The third kappa shape index (κ3) is 5.60. The van der Waals surface area contributed by atoms with Crippen LogP contribution in [0.25, 0.3) is 0 Å². The van der Waals surface area contributed by atoms with E-state index in [4.69, 9.17) is 23.2 Å². The summed E-state index contributed by atoms with van der Waals surface area (Å²) < 4.78 is 0. The lowest BCUT2D eigenvalue weighted by molar-refractivity contribution is -0.121. The number of nitrogens with one attached hydrogen (secondary N) is 2. The van der Waals surface area contributed by atoms with Crippen molar-refractivity contribution in [1.29, 1.82) is 0 Å². The van der Waals surface area contributed by atoms with Gasteiger partial charge in [-0.05, 0) is 43.9 Å². The third-order valence-corrected chi connectivity index (χ3v) is 6.19. The summed E-state index contributed by atoms with van der Waals surface area (Å²) in [6.45, 7) is 1.65. The van der Waals surface area contributed by atoms with Crippen molar-refractivity contribution in [2.24, 2.45) is 0 Å². The number of nitrogens with zero attached hydrogens (tertiary/aromatic N) is 1. The fourth-order valence-electron chi connectivity index (χ4n) is 4.10.